The highest BCUT2D eigenvalue weighted by Crippen LogP contribution is 2.31. The topological polar surface area (TPSA) is 90.5 Å². The molecule has 0 spiro atoms. The predicted molar refractivity (Wildman–Crippen MR) is 119 cm³/mol. The maximum atomic E-state index is 12.2. The highest BCUT2D eigenvalue weighted by atomic mass is 32.2. The van der Waals surface area contributed by atoms with Crippen LogP contribution in [0.5, 0.6) is 5.75 Å². The van der Waals surface area contributed by atoms with Gasteiger partial charge in [0.05, 0.1) is 19.4 Å². The summed E-state index contributed by atoms with van der Waals surface area (Å²) >= 11 is 0. The normalized spacial score (nSPS) is 11.5. The zero-order chi connectivity index (χ0) is 22.0. The lowest BCUT2D eigenvalue weighted by atomic mass is 10.1. The van der Waals surface area contributed by atoms with Gasteiger partial charge in [0.1, 0.15) is 11.5 Å². The number of rotatable bonds is 7. The largest absolute Gasteiger partial charge is 0.497 e. The minimum absolute atomic E-state index is 0.0496. The second-order valence-corrected chi connectivity index (χ2v) is 9.02. The Bertz CT molecular complexity index is 1340. The molecule has 0 radical (unpaired) electrons. The van der Waals surface area contributed by atoms with Crippen LogP contribution in [0.4, 0.5) is 0 Å². The lowest BCUT2D eigenvalue weighted by Crippen LogP contribution is -2.31. The molecule has 7 nitrogen and oxygen atoms in total. The van der Waals surface area contributed by atoms with Gasteiger partial charge >= 0.3 is 0 Å². The SMILES string of the molecule is CCS(=O)(=O)NC(=O)c1ccc(Cn2c(-c3ccccc3)cc3cc(OC)ccc32)o1. The maximum absolute atomic E-state index is 12.2. The fraction of sp³-hybridized carbons (Fsp3) is 0.174. The Morgan fingerprint density at radius 2 is 1.84 bits per heavy atom. The zero-order valence-corrected chi connectivity index (χ0v) is 18.0. The molecule has 8 heteroatoms. The molecule has 2 aromatic heterocycles. The summed E-state index contributed by atoms with van der Waals surface area (Å²) in [5.41, 5.74) is 3.01. The number of amides is 1. The van der Waals surface area contributed by atoms with Crippen LogP contribution in [0.2, 0.25) is 0 Å². The summed E-state index contributed by atoms with van der Waals surface area (Å²) in [5, 5.41) is 1.01. The van der Waals surface area contributed by atoms with Crippen molar-refractivity contribution in [1.82, 2.24) is 9.29 Å². The van der Waals surface area contributed by atoms with E-state index >= 15 is 0 Å². The van der Waals surface area contributed by atoms with Crippen molar-refractivity contribution in [3.63, 3.8) is 0 Å². The van der Waals surface area contributed by atoms with Crippen molar-refractivity contribution in [1.29, 1.82) is 0 Å². The van der Waals surface area contributed by atoms with Crippen LogP contribution >= 0.6 is 0 Å². The third-order valence-corrected chi connectivity index (χ3v) is 6.26. The molecule has 0 atom stereocenters. The molecule has 4 aromatic rings. The second-order valence-electron chi connectivity index (χ2n) is 7.01. The Hall–Kier alpha value is -3.52. The van der Waals surface area contributed by atoms with Crippen LogP contribution in [0.3, 0.4) is 0 Å². The van der Waals surface area contributed by atoms with E-state index in [0.29, 0.717) is 12.3 Å². The molecule has 0 saturated carbocycles. The van der Waals surface area contributed by atoms with Crippen LogP contribution in [0.1, 0.15) is 23.2 Å². The third-order valence-electron chi connectivity index (χ3n) is 5.01. The fourth-order valence-electron chi connectivity index (χ4n) is 3.40. The van der Waals surface area contributed by atoms with Gasteiger partial charge in [0.2, 0.25) is 10.0 Å². The summed E-state index contributed by atoms with van der Waals surface area (Å²) in [6, 6.07) is 21.0. The van der Waals surface area contributed by atoms with Crippen molar-refractivity contribution in [3.8, 4) is 17.0 Å². The second kappa shape index (κ2) is 8.31. The number of carbonyl (C=O) groups is 1. The fourth-order valence-corrected chi connectivity index (χ4v) is 3.93. The number of ether oxygens (including phenoxy) is 1. The molecule has 1 amide bonds. The lowest BCUT2D eigenvalue weighted by molar-refractivity contribution is 0.0952. The van der Waals surface area contributed by atoms with Crippen molar-refractivity contribution in [2.45, 2.75) is 13.5 Å². The van der Waals surface area contributed by atoms with Crippen molar-refractivity contribution in [2.24, 2.45) is 0 Å². The number of sulfonamides is 1. The number of hydrogen-bond donors (Lipinski definition) is 1. The van der Waals surface area contributed by atoms with Gasteiger partial charge < -0.3 is 13.7 Å². The molecule has 0 aliphatic heterocycles. The molecule has 0 bridgehead atoms. The van der Waals surface area contributed by atoms with Crippen molar-refractivity contribution >= 4 is 26.8 Å². The van der Waals surface area contributed by atoms with E-state index in [-0.39, 0.29) is 11.5 Å². The van der Waals surface area contributed by atoms with Crippen LogP contribution < -0.4 is 9.46 Å². The first-order valence-electron chi connectivity index (χ1n) is 9.76. The van der Waals surface area contributed by atoms with Crippen LogP contribution in [-0.4, -0.2) is 31.8 Å². The van der Waals surface area contributed by atoms with E-state index in [1.807, 2.05) is 53.3 Å². The molecule has 0 saturated heterocycles. The van der Waals surface area contributed by atoms with Gasteiger partial charge in [-0.2, -0.15) is 0 Å². The number of aromatic nitrogens is 1. The summed E-state index contributed by atoms with van der Waals surface area (Å²) in [6.45, 7) is 1.83. The zero-order valence-electron chi connectivity index (χ0n) is 17.2. The quantitative estimate of drug-likeness (QED) is 0.470. The number of furan rings is 1. The summed E-state index contributed by atoms with van der Waals surface area (Å²) in [5.74, 6) is 0.277. The molecular weight excluding hydrogens is 416 g/mol. The van der Waals surface area contributed by atoms with E-state index in [1.165, 1.54) is 13.0 Å². The number of nitrogens with zero attached hydrogens (tertiary/aromatic N) is 1. The standard InChI is InChI=1S/C23H22N2O5S/c1-3-31(27,28)24-23(26)22-12-10-19(30-22)15-25-20-11-9-18(29-2)13-17(20)14-21(25)16-7-5-4-6-8-16/h4-14H,3,15H2,1-2H3,(H,24,26). The van der Waals surface area contributed by atoms with E-state index in [4.69, 9.17) is 9.15 Å². The average molecular weight is 439 g/mol. The van der Waals surface area contributed by atoms with E-state index in [9.17, 15) is 13.2 Å². The maximum Gasteiger partial charge on any atom is 0.300 e. The average Bonchev–Trinajstić information content (AvgIpc) is 3.39. The summed E-state index contributed by atoms with van der Waals surface area (Å²) in [6.07, 6.45) is 0. The number of fused-ring (bicyclic) bond motifs is 1. The van der Waals surface area contributed by atoms with Crippen LogP contribution in [0.15, 0.2) is 71.1 Å². The van der Waals surface area contributed by atoms with Crippen molar-refractivity contribution in [2.75, 3.05) is 12.9 Å². The number of benzene rings is 2. The van der Waals surface area contributed by atoms with Gasteiger partial charge in [-0.3, -0.25) is 4.79 Å². The van der Waals surface area contributed by atoms with Gasteiger partial charge in [-0.25, -0.2) is 13.1 Å². The van der Waals surface area contributed by atoms with Crippen molar-refractivity contribution < 1.29 is 22.4 Å². The van der Waals surface area contributed by atoms with E-state index in [1.54, 1.807) is 13.2 Å². The third kappa shape index (κ3) is 4.34. The summed E-state index contributed by atoms with van der Waals surface area (Å²) in [7, 11) is -2.03. The van der Waals surface area contributed by atoms with Crippen LogP contribution in [0.25, 0.3) is 22.2 Å². The lowest BCUT2D eigenvalue weighted by Gasteiger charge is -2.10. The van der Waals surface area contributed by atoms with E-state index in [0.717, 1.165) is 27.9 Å². The van der Waals surface area contributed by atoms with E-state index in [2.05, 4.69) is 10.6 Å². The molecular formula is C23H22N2O5S. The van der Waals surface area contributed by atoms with Crippen LogP contribution in [0, 0.1) is 0 Å². The summed E-state index contributed by atoms with van der Waals surface area (Å²) in [4.78, 5) is 12.2. The Morgan fingerprint density at radius 3 is 2.55 bits per heavy atom. The number of carbonyl (C=O) groups excluding carboxylic acids is 1. The first-order valence-corrected chi connectivity index (χ1v) is 11.4. The Balaban J connectivity index is 1.71. The predicted octanol–water partition coefficient (Wildman–Crippen LogP) is 4.04. The van der Waals surface area contributed by atoms with E-state index < -0.39 is 15.9 Å². The van der Waals surface area contributed by atoms with Crippen molar-refractivity contribution in [3.05, 3.63) is 78.3 Å². The Morgan fingerprint density at radius 1 is 1.06 bits per heavy atom. The van der Waals surface area contributed by atoms with Gasteiger partial charge in [0.25, 0.3) is 5.91 Å². The number of nitrogens with one attached hydrogen (secondary N) is 1. The number of methoxy groups -OCH3 is 1. The first-order chi connectivity index (χ1) is 14.9. The molecule has 1 N–H and O–H groups in total. The Labute approximate surface area is 180 Å². The highest BCUT2D eigenvalue weighted by Gasteiger charge is 2.19. The van der Waals surface area contributed by atoms with Gasteiger partial charge in [0.15, 0.2) is 5.76 Å². The summed E-state index contributed by atoms with van der Waals surface area (Å²) < 4.78 is 38.4. The van der Waals surface area contributed by atoms with Gasteiger partial charge in [-0.1, -0.05) is 30.3 Å². The molecule has 160 valence electrons. The monoisotopic (exact) mass is 438 g/mol. The van der Waals surface area contributed by atoms with Gasteiger partial charge in [-0.05, 0) is 48.9 Å². The smallest absolute Gasteiger partial charge is 0.300 e. The minimum Gasteiger partial charge on any atom is -0.497 e. The molecule has 0 aliphatic rings. The Kier molecular flexibility index (Phi) is 5.56. The molecule has 4 rings (SSSR count). The van der Waals surface area contributed by atoms with Gasteiger partial charge in [-0.15, -0.1) is 0 Å². The van der Waals surface area contributed by atoms with Gasteiger partial charge in [0, 0.05) is 16.6 Å². The molecule has 0 aliphatic carbocycles. The molecule has 2 aromatic carbocycles. The molecule has 0 fully saturated rings. The highest BCUT2D eigenvalue weighted by molar-refractivity contribution is 7.90. The number of hydrogen-bond acceptors (Lipinski definition) is 5. The molecule has 0 unspecified atom stereocenters. The molecule has 31 heavy (non-hydrogen) atoms. The molecule has 2 heterocycles. The first kappa shape index (κ1) is 20.7. The minimum atomic E-state index is -3.66. The van der Waals surface area contributed by atoms with Crippen LogP contribution in [-0.2, 0) is 16.6 Å².